The van der Waals surface area contributed by atoms with E-state index >= 15 is 0 Å². The van der Waals surface area contributed by atoms with Crippen LogP contribution in [-0.4, -0.2) is 55.7 Å². The molecule has 11 nitrogen and oxygen atoms in total. The number of H-pyrrole nitrogens is 1. The molecule has 0 saturated carbocycles. The minimum absolute atomic E-state index is 0.0803. The van der Waals surface area contributed by atoms with Gasteiger partial charge in [-0.15, -0.1) is 11.3 Å². The van der Waals surface area contributed by atoms with Gasteiger partial charge >= 0.3 is 11.8 Å². The number of hydrogen-bond donors (Lipinski definition) is 2. The van der Waals surface area contributed by atoms with Crippen molar-refractivity contribution in [3.8, 4) is 0 Å². The lowest BCUT2D eigenvalue weighted by atomic mass is 9.88. The minimum Gasteiger partial charge on any atom is -0.463 e. The first-order valence-corrected chi connectivity index (χ1v) is 11.7. The second-order valence-corrected chi connectivity index (χ2v) is 9.66. The highest BCUT2D eigenvalue weighted by Crippen LogP contribution is 2.42. The van der Waals surface area contributed by atoms with E-state index in [1.54, 1.807) is 24.3 Å². The predicted octanol–water partition coefficient (Wildman–Crippen LogP) is 2.98. The smallest absolute Gasteiger partial charge is 0.432 e. The van der Waals surface area contributed by atoms with Crippen molar-refractivity contribution in [1.82, 2.24) is 24.4 Å². The SMILES string of the molecule is CON(C)C(=O)c1c(C(CC(C)C)c2nn(C(=O)O)c3ccccc23)sc2[nH]c(=O)n(C)c(=O)c12. The maximum absolute atomic E-state index is 13.5. The summed E-state index contributed by atoms with van der Waals surface area (Å²) in [4.78, 5) is 59.4. The summed E-state index contributed by atoms with van der Waals surface area (Å²) in [6.07, 6.45) is -0.727. The Balaban J connectivity index is 2.12. The molecule has 4 rings (SSSR count). The molecule has 12 heteroatoms. The number of fused-ring (bicyclic) bond motifs is 2. The quantitative estimate of drug-likeness (QED) is 0.389. The van der Waals surface area contributed by atoms with Crippen molar-refractivity contribution in [3.05, 3.63) is 61.2 Å². The number of para-hydroxylation sites is 1. The van der Waals surface area contributed by atoms with Gasteiger partial charge in [-0.3, -0.25) is 24.0 Å². The summed E-state index contributed by atoms with van der Waals surface area (Å²) < 4.78 is 1.82. The first-order chi connectivity index (χ1) is 16.6. The number of nitrogens with one attached hydrogen (secondary N) is 1. The average molecular weight is 500 g/mol. The molecule has 1 aromatic carbocycles. The van der Waals surface area contributed by atoms with E-state index in [9.17, 15) is 24.3 Å². The number of carboxylic acid groups (broad SMARTS) is 1. The van der Waals surface area contributed by atoms with Gasteiger partial charge in [0.15, 0.2) is 0 Å². The first kappa shape index (κ1) is 24.4. The van der Waals surface area contributed by atoms with Crippen LogP contribution in [0.25, 0.3) is 21.1 Å². The van der Waals surface area contributed by atoms with Crippen LogP contribution in [0.4, 0.5) is 4.79 Å². The molecular formula is C23H25N5O6S. The second kappa shape index (κ2) is 9.12. The number of rotatable bonds is 6. The fraction of sp³-hybridized carbons (Fsp3) is 0.348. The third-order valence-corrected chi connectivity index (χ3v) is 7.12. The number of benzene rings is 1. The molecule has 4 aromatic rings. The highest BCUT2D eigenvalue weighted by atomic mass is 32.1. The van der Waals surface area contributed by atoms with Crippen molar-refractivity contribution in [2.75, 3.05) is 14.2 Å². The Bertz CT molecular complexity index is 1580. The molecule has 35 heavy (non-hydrogen) atoms. The van der Waals surface area contributed by atoms with Gasteiger partial charge in [-0.05, 0) is 18.4 Å². The molecule has 3 aromatic heterocycles. The largest absolute Gasteiger partial charge is 0.463 e. The summed E-state index contributed by atoms with van der Waals surface area (Å²) in [5.41, 5.74) is -0.225. The van der Waals surface area contributed by atoms with E-state index in [4.69, 9.17) is 4.84 Å². The zero-order valence-corrected chi connectivity index (χ0v) is 20.7. The maximum Gasteiger partial charge on any atom is 0.432 e. The zero-order valence-electron chi connectivity index (χ0n) is 19.9. The van der Waals surface area contributed by atoms with Crippen LogP contribution in [0.3, 0.4) is 0 Å². The Morgan fingerprint density at radius 1 is 1.26 bits per heavy atom. The van der Waals surface area contributed by atoms with E-state index in [1.165, 1.54) is 21.2 Å². The van der Waals surface area contributed by atoms with Crippen LogP contribution >= 0.6 is 11.3 Å². The summed E-state index contributed by atoms with van der Waals surface area (Å²) in [5.74, 6) is -0.965. The number of aromatic nitrogens is 4. The number of amides is 1. The molecule has 184 valence electrons. The molecular weight excluding hydrogens is 474 g/mol. The molecule has 0 aliphatic rings. The zero-order chi connectivity index (χ0) is 25.6. The number of hydrogen-bond acceptors (Lipinski definition) is 7. The van der Waals surface area contributed by atoms with E-state index < -0.39 is 29.2 Å². The summed E-state index contributed by atoms with van der Waals surface area (Å²) in [7, 11) is 4.09. The number of aromatic amines is 1. The Labute approximate surface area is 203 Å². The topological polar surface area (TPSA) is 140 Å². The number of nitrogens with zero attached hydrogens (tertiary/aromatic N) is 4. The van der Waals surface area contributed by atoms with E-state index in [-0.39, 0.29) is 21.7 Å². The normalized spacial score (nSPS) is 12.5. The Morgan fingerprint density at radius 2 is 1.94 bits per heavy atom. The molecule has 0 bridgehead atoms. The van der Waals surface area contributed by atoms with E-state index in [1.807, 2.05) is 13.8 Å². The lowest BCUT2D eigenvalue weighted by molar-refractivity contribution is -0.0756. The van der Waals surface area contributed by atoms with Gasteiger partial charge in [-0.1, -0.05) is 32.0 Å². The molecule has 1 unspecified atom stereocenters. The van der Waals surface area contributed by atoms with Gasteiger partial charge in [-0.25, -0.2) is 14.7 Å². The summed E-state index contributed by atoms with van der Waals surface area (Å²) in [6, 6.07) is 6.95. The fourth-order valence-corrected chi connectivity index (χ4v) is 5.48. The number of carbonyl (C=O) groups excluding carboxylic acids is 1. The standard InChI is InChI=1S/C23H25N5O6S/c1-11(2)10-13(17-12-8-6-7-9-14(12)28(25-17)23(32)33)18-15(21(30)27(4)34-5)16-19(35-18)24-22(31)26(3)20(16)29/h6-9,11,13H,10H2,1-5H3,(H,24,31)(H,32,33). The molecule has 3 heterocycles. The van der Waals surface area contributed by atoms with Crippen LogP contribution < -0.4 is 11.2 Å². The lowest BCUT2D eigenvalue weighted by Gasteiger charge is -2.20. The van der Waals surface area contributed by atoms with Crippen molar-refractivity contribution in [3.63, 3.8) is 0 Å². The molecule has 0 saturated heterocycles. The van der Waals surface area contributed by atoms with Gasteiger partial charge in [-0.2, -0.15) is 9.78 Å². The van der Waals surface area contributed by atoms with Gasteiger partial charge in [0.05, 0.1) is 29.3 Å². The monoisotopic (exact) mass is 499 g/mol. The van der Waals surface area contributed by atoms with Gasteiger partial charge < -0.3 is 5.11 Å². The van der Waals surface area contributed by atoms with Gasteiger partial charge in [0.1, 0.15) is 4.83 Å². The van der Waals surface area contributed by atoms with Crippen LogP contribution in [-0.2, 0) is 11.9 Å². The molecule has 0 fully saturated rings. The molecule has 0 radical (unpaired) electrons. The second-order valence-electron chi connectivity index (χ2n) is 8.60. The van der Waals surface area contributed by atoms with Gasteiger partial charge in [0.2, 0.25) is 0 Å². The van der Waals surface area contributed by atoms with Crippen LogP contribution in [0.15, 0.2) is 33.9 Å². The van der Waals surface area contributed by atoms with Crippen molar-refractivity contribution in [1.29, 1.82) is 0 Å². The molecule has 2 N–H and O–H groups in total. The van der Waals surface area contributed by atoms with Gasteiger partial charge in [0, 0.05) is 30.3 Å². The summed E-state index contributed by atoms with van der Waals surface area (Å²) >= 11 is 1.12. The van der Waals surface area contributed by atoms with E-state index in [2.05, 4.69) is 10.1 Å². The third-order valence-electron chi connectivity index (χ3n) is 5.90. The average Bonchev–Trinajstić information content (AvgIpc) is 3.39. The third kappa shape index (κ3) is 4.04. The van der Waals surface area contributed by atoms with E-state index in [0.717, 1.165) is 25.6 Å². The van der Waals surface area contributed by atoms with Crippen molar-refractivity contribution in [2.45, 2.75) is 26.2 Å². The highest BCUT2D eigenvalue weighted by molar-refractivity contribution is 7.19. The minimum atomic E-state index is -1.24. The molecule has 1 amide bonds. The molecule has 0 aliphatic heterocycles. The number of hydroxylamine groups is 2. The Kier molecular flexibility index (Phi) is 6.34. The van der Waals surface area contributed by atoms with Crippen molar-refractivity contribution in [2.24, 2.45) is 13.0 Å². The molecule has 1 atom stereocenters. The van der Waals surface area contributed by atoms with Crippen molar-refractivity contribution >= 4 is 44.5 Å². The number of carbonyl (C=O) groups is 2. The van der Waals surface area contributed by atoms with Gasteiger partial charge in [0.25, 0.3) is 11.5 Å². The predicted molar refractivity (Wildman–Crippen MR) is 131 cm³/mol. The molecule has 0 aliphatic carbocycles. The van der Waals surface area contributed by atoms with Crippen LogP contribution in [0, 0.1) is 5.92 Å². The maximum atomic E-state index is 13.5. The summed E-state index contributed by atoms with van der Waals surface area (Å²) in [6.45, 7) is 4.00. The summed E-state index contributed by atoms with van der Waals surface area (Å²) in [5, 5.41) is 15.9. The highest BCUT2D eigenvalue weighted by Gasteiger charge is 2.33. The van der Waals surface area contributed by atoms with Crippen molar-refractivity contribution < 1.29 is 19.5 Å². The van der Waals surface area contributed by atoms with Crippen LogP contribution in [0.2, 0.25) is 0 Å². The Morgan fingerprint density at radius 3 is 2.57 bits per heavy atom. The first-order valence-electron chi connectivity index (χ1n) is 10.9. The number of thiophene rings is 1. The lowest BCUT2D eigenvalue weighted by Crippen LogP contribution is -2.34. The fourth-order valence-electron chi connectivity index (χ4n) is 4.19. The van der Waals surface area contributed by atoms with Crippen LogP contribution in [0.1, 0.15) is 47.1 Å². The van der Waals surface area contributed by atoms with Crippen LogP contribution in [0.5, 0.6) is 0 Å². The molecule has 0 spiro atoms. The Hall–Kier alpha value is -3.77. The van der Waals surface area contributed by atoms with E-state index in [0.29, 0.717) is 27.9 Å².